The second-order valence-electron chi connectivity index (χ2n) is 9.19. The fourth-order valence-corrected chi connectivity index (χ4v) is 3.76. The monoisotopic (exact) mass is 404 g/mol. The summed E-state index contributed by atoms with van der Waals surface area (Å²) in [5.74, 6) is 0. The van der Waals surface area contributed by atoms with Crippen LogP contribution >= 0.6 is 0 Å². The van der Waals surface area contributed by atoms with Gasteiger partial charge in [-0.2, -0.15) is 0 Å². The van der Waals surface area contributed by atoms with Gasteiger partial charge in [0, 0.05) is 38.1 Å². The molecule has 2 heterocycles. The lowest BCUT2D eigenvalue weighted by atomic mass is 10.0. The van der Waals surface area contributed by atoms with Crippen LogP contribution in [0, 0.1) is 0 Å². The minimum absolute atomic E-state index is 0.244. The number of hydrogen-bond acceptors (Lipinski definition) is 5. The van der Waals surface area contributed by atoms with Crippen molar-refractivity contribution in [2.75, 3.05) is 19.6 Å². The zero-order valence-electron chi connectivity index (χ0n) is 18.6. The number of pyridine rings is 1. The number of unbranched alkanes of at least 4 members (excludes halogenated alkanes) is 4. The number of piperidine rings is 1. The topological polar surface area (TPSA) is 80.5 Å². The largest absolute Gasteiger partial charge is 0.444 e. The van der Waals surface area contributed by atoms with Crippen molar-refractivity contribution in [3.8, 4) is 0 Å². The molecule has 1 aliphatic rings. The zero-order valence-corrected chi connectivity index (χ0v) is 18.6. The van der Waals surface area contributed by atoms with E-state index in [2.05, 4.69) is 21.3 Å². The standard InChI is InChI=1S/C23H40N4O2/c1-23(2,3)29-22(28)26-21-10-13-27(14-11-21)12-8-6-4-5-7-9-19-15-20(16-24)18-25-17-19/h15,17-18,21H,4-14,16,24H2,1-3H3,(H,26,28). The van der Waals surface area contributed by atoms with Gasteiger partial charge in [0.1, 0.15) is 5.60 Å². The molecule has 2 rings (SSSR count). The van der Waals surface area contributed by atoms with Crippen LogP contribution < -0.4 is 11.1 Å². The third-order valence-electron chi connectivity index (χ3n) is 5.34. The lowest BCUT2D eigenvalue weighted by Crippen LogP contribution is -2.46. The predicted molar refractivity (Wildman–Crippen MR) is 118 cm³/mol. The van der Waals surface area contributed by atoms with Crippen molar-refractivity contribution in [1.82, 2.24) is 15.2 Å². The number of rotatable bonds is 10. The number of carbonyl (C=O) groups is 1. The molecule has 1 aliphatic heterocycles. The van der Waals surface area contributed by atoms with E-state index in [1.807, 2.05) is 33.2 Å². The molecular formula is C23H40N4O2. The fourth-order valence-electron chi connectivity index (χ4n) is 3.76. The number of nitrogens with one attached hydrogen (secondary N) is 1. The zero-order chi connectivity index (χ0) is 21.1. The Kier molecular flexibility index (Phi) is 9.88. The van der Waals surface area contributed by atoms with Crippen LogP contribution in [0.5, 0.6) is 0 Å². The van der Waals surface area contributed by atoms with E-state index in [-0.39, 0.29) is 12.1 Å². The summed E-state index contributed by atoms with van der Waals surface area (Å²) < 4.78 is 5.35. The smallest absolute Gasteiger partial charge is 0.407 e. The van der Waals surface area contributed by atoms with E-state index in [9.17, 15) is 4.79 Å². The summed E-state index contributed by atoms with van der Waals surface area (Å²) >= 11 is 0. The summed E-state index contributed by atoms with van der Waals surface area (Å²) in [6.07, 6.45) is 13.0. The fraction of sp³-hybridized carbons (Fsp3) is 0.739. The summed E-state index contributed by atoms with van der Waals surface area (Å²) in [5.41, 5.74) is 7.66. The van der Waals surface area contributed by atoms with Gasteiger partial charge >= 0.3 is 6.09 Å². The first-order valence-corrected chi connectivity index (χ1v) is 11.2. The van der Waals surface area contributed by atoms with Gasteiger partial charge in [0.25, 0.3) is 0 Å². The Hall–Kier alpha value is -1.66. The summed E-state index contributed by atoms with van der Waals surface area (Å²) in [4.78, 5) is 18.7. The Balaban J connectivity index is 1.48. The summed E-state index contributed by atoms with van der Waals surface area (Å²) in [5, 5.41) is 3.01. The molecule has 6 nitrogen and oxygen atoms in total. The number of amides is 1. The van der Waals surface area contributed by atoms with Crippen molar-refractivity contribution in [3.63, 3.8) is 0 Å². The lowest BCUT2D eigenvalue weighted by molar-refractivity contribution is 0.0479. The number of likely N-dealkylation sites (tertiary alicyclic amines) is 1. The Morgan fingerprint density at radius 1 is 1.14 bits per heavy atom. The minimum Gasteiger partial charge on any atom is -0.444 e. The molecule has 1 saturated heterocycles. The third kappa shape index (κ3) is 10.1. The Morgan fingerprint density at radius 3 is 2.48 bits per heavy atom. The van der Waals surface area contributed by atoms with Gasteiger partial charge in [0.05, 0.1) is 0 Å². The highest BCUT2D eigenvalue weighted by atomic mass is 16.6. The number of aromatic nitrogens is 1. The number of nitrogens with zero attached hydrogens (tertiary/aromatic N) is 2. The molecule has 0 aliphatic carbocycles. The molecule has 1 aromatic rings. The molecule has 1 aromatic heterocycles. The van der Waals surface area contributed by atoms with Crippen molar-refractivity contribution < 1.29 is 9.53 Å². The average Bonchev–Trinajstić information content (AvgIpc) is 2.67. The van der Waals surface area contributed by atoms with Crippen LogP contribution in [0.25, 0.3) is 0 Å². The van der Waals surface area contributed by atoms with Crippen molar-refractivity contribution in [2.24, 2.45) is 5.73 Å². The van der Waals surface area contributed by atoms with E-state index in [4.69, 9.17) is 10.5 Å². The first-order valence-electron chi connectivity index (χ1n) is 11.2. The second-order valence-corrected chi connectivity index (χ2v) is 9.19. The summed E-state index contributed by atoms with van der Waals surface area (Å²) in [6, 6.07) is 2.42. The Labute approximate surface area is 176 Å². The van der Waals surface area contributed by atoms with Gasteiger partial charge in [-0.05, 0) is 70.5 Å². The maximum Gasteiger partial charge on any atom is 0.407 e. The summed E-state index contributed by atoms with van der Waals surface area (Å²) in [6.45, 7) is 9.54. The van der Waals surface area contributed by atoms with E-state index >= 15 is 0 Å². The van der Waals surface area contributed by atoms with Gasteiger partial charge in [-0.25, -0.2) is 4.79 Å². The molecule has 0 bridgehead atoms. The predicted octanol–water partition coefficient (Wildman–Crippen LogP) is 4.02. The number of ether oxygens (including phenoxy) is 1. The van der Waals surface area contributed by atoms with Crippen molar-refractivity contribution in [1.29, 1.82) is 0 Å². The molecule has 0 saturated carbocycles. The highest BCUT2D eigenvalue weighted by molar-refractivity contribution is 5.68. The number of hydrogen-bond donors (Lipinski definition) is 2. The van der Waals surface area contributed by atoms with E-state index in [1.165, 1.54) is 44.2 Å². The van der Waals surface area contributed by atoms with E-state index in [1.54, 1.807) is 0 Å². The Bertz CT molecular complexity index is 607. The molecule has 164 valence electrons. The van der Waals surface area contributed by atoms with Gasteiger partial charge in [-0.3, -0.25) is 4.98 Å². The van der Waals surface area contributed by atoms with Crippen molar-refractivity contribution in [3.05, 3.63) is 29.6 Å². The Morgan fingerprint density at radius 2 is 1.79 bits per heavy atom. The van der Waals surface area contributed by atoms with Crippen LogP contribution in [0.3, 0.4) is 0 Å². The molecule has 0 aromatic carbocycles. The average molecular weight is 405 g/mol. The van der Waals surface area contributed by atoms with Crippen LogP contribution in [0.2, 0.25) is 0 Å². The van der Waals surface area contributed by atoms with Crippen LogP contribution in [-0.2, 0) is 17.7 Å². The van der Waals surface area contributed by atoms with Gasteiger partial charge in [-0.1, -0.05) is 25.3 Å². The highest BCUT2D eigenvalue weighted by Gasteiger charge is 2.23. The van der Waals surface area contributed by atoms with E-state index in [0.29, 0.717) is 6.54 Å². The van der Waals surface area contributed by atoms with Gasteiger partial charge in [-0.15, -0.1) is 0 Å². The van der Waals surface area contributed by atoms with E-state index < -0.39 is 5.60 Å². The minimum atomic E-state index is -0.434. The maximum absolute atomic E-state index is 11.9. The molecule has 0 atom stereocenters. The quantitative estimate of drug-likeness (QED) is 0.576. The number of nitrogens with two attached hydrogens (primary N) is 1. The lowest BCUT2D eigenvalue weighted by Gasteiger charge is -2.32. The second kappa shape index (κ2) is 12.1. The molecule has 0 unspecified atom stereocenters. The van der Waals surface area contributed by atoms with Crippen molar-refractivity contribution >= 4 is 6.09 Å². The molecule has 0 spiro atoms. The maximum atomic E-state index is 11.9. The first kappa shape index (κ1) is 23.6. The van der Waals surface area contributed by atoms with Crippen molar-refractivity contribution in [2.45, 2.75) is 90.3 Å². The number of alkyl carbamates (subject to hydrolysis) is 1. The third-order valence-corrected chi connectivity index (χ3v) is 5.34. The SMILES string of the molecule is CC(C)(C)OC(=O)NC1CCN(CCCCCCCc2cncc(CN)c2)CC1. The molecule has 29 heavy (non-hydrogen) atoms. The number of carbonyl (C=O) groups excluding carboxylic acids is 1. The molecule has 6 heteroatoms. The van der Waals surface area contributed by atoms with Crippen LogP contribution in [0.4, 0.5) is 4.79 Å². The van der Waals surface area contributed by atoms with E-state index in [0.717, 1.165) is 37.9 Å². The highest BCUT2D eigenvalue weighted by Crippen LogP contribution is 2.14. The van der Waals surface area contributed by atoms with Crippen LogP contribution in [0.1, 0.15) is 76.8 Å². The van der Waals surface area contributed by atoms with Crippen LogP contribution in [0.15, 0.2) is 18.5 Å². The first-order chi connectivity index (χ1) is 13.9. The van der Waals surface area contributed by atoms with Crippen LogP contribution in [-0.4, -0.2) is 47.3 Å². The molecule has 1 amide bonds. The normalized spacial score (nSPS) is 16.0. The summed E-state index contributed by atoms with van der Waals surface area (Å²) in [7, 11) is 0. The molecule has 1 fully saturated rings. The molecular weight excluding hydrogens is 364 g/mol. The van der Waals surface area contributed by atoms with Gasteiger partial charge in [0.2, 0.25) is 0 Å². The molecule has 0 radical (unpaired) electrons. The van der Waals surface area contributed by atoms with Gasteiger partial charge < -0.3 is 20.7 Å². The molecule has 3 N–H and O–H groups in total. The number of aryl methyl sites for hydroxylation is 1. The van der Waals surface area contributed by atoms with Gasteiger partial charge in [0.15, 0.2) is 0 Å².